The first-order chi connectivity index (χ1) is 12.1. The monoisotopic (exact) mass is 349 g/mol. The van der Waals surface area contributed by atoms with Crippen molar-refractivity contribution in [1.82, 2.24) is 5.32 Å². The molecule has 7 nitrogen and oxygen atoms in total. The Balaban J connectivity index is 1.75. The quantitative estimate of drug-likeness (QED) is 0.768. The van der Waals surface area contributed by atoms with Crippen molar-refractivity contribution in [3.63, 3.8) is 0 Å². The van der Waals surface area contributed by atoms with Crippen molar-refractivity contribution in [3.8, 4) is 0 Å². The number of benzene rings is 1. The molecule has 0 aliphatic carbocycles. The summed E-state index contributed by atoms with van der Waals surface area (Å²) in [6.45, 7) is 5.46. The van der Waals surface area contributed by atoms with Crippen molar-refractivity contribution in [2.45, 2.75) is 43.9 Å². The van der Waals surface area contributed by atoms with Crippen molar-refractivity contribution < 1.29 is 28.8 Å². The summed E-state index contributed by atoms with van der Waals surface area (Å²) in [4.78, 5) is 11.5. The zero-order valence-corrected chi connectivity index (χ0v) is 14.0. The minimum absolute atomic E-state index is 0.235. The van der Waals surface area contributed by atoms with E-state index >= 15 is 0 Å². The van der Waals surface area contributed by atoms with Crippen LogP contribution in [0.4, 0.5) is 0 Å². The molecule has 136 valence electrons. The fourth-order valence-electron chi connectivity index (χ4n) is 3.07. The van der Waals surface area contributed by atoms with E-state index in [4.69, 9.17) is 18.9 Å². The van der Waals surface area contributed by atoms with Gasteiger partial charge in [-0.2, -0.15) is 0 Å². The van der Waals surface area contributed by atoms with Crippen molar-refractivity contribution in [3.05, 3.63) is 48.6 Å². The molecule has 2 N–H and O–H groups in total. The van der Waals surface area contributed by atoms with Crippen LogP contribution in [0.1, 0.15) is 18.8 Å². The molecule has 2 aliphatic rings. The van der Waals surface area contributed by atoms with E-state index < -0.39 is 36.9 Å². The lowest BCUT2D eigenvalue weighted by molar-refractivity contribution is -0.343. The van der Waals surface area contributed by atoms with Gasteiger partial charge >= 0.3 is 0 Å². The van der Waals surface area contributed by atoms with E-state index in [1.54, 1.807) is 6.08 Å². The van der Waals surface area contributed by atoms with Gasteiger partial charge in [-0.3, -0.25) is 4.79 Å². The van der Waals surface area contributed by atoms with E-state index in [9.17, 15) is 9.90 Å². The number of aliphatic hydroxyl groups excluding tert-OH is 1. The summed E-state index contributed by atoms with van der Waals surface area (Å²) in [5.74, 6) is -0.287. The molecule has 3 rings (SSSR count). The molecule has 1 aromatic rings. The van der Waals surface area contributed by atoms with Gasteiger partial charge in [-0.15, -0.1) is 6.58 Å². The summed E-state index contributed by atoms with van der Waals surface area (Å²) in [6, 6.07) is 8.73. The van der Waals surface area contributed by atoms with Gasteiger partial charge in [0, 0.05) is 12.5 Å². The number of aliphatic hydroxyl groups is 1. The molecule has 0 unspecified atom stereocenters. The summed E-state index contributed by atoms with van der Waals surface area (Å²) >= 11 is 0. The predicted octanol–water partition coefficient (Wildman–Crippen LogP) is 0.894. The highest BCUT2D eigenvalue weighted by atomic mass is 16.7. The second-order valence-electron chi connectivity index (χ2n) is 6.06. The molecular formula is C18H23NO6. The van der Waals surface area contributed by atoms with Crippen LogP contribution >= 0.6 is 0 Å². The van der Waals surface area contributed by atoms with Crippen LogP contribution in [0, 0.1) is 0 Å². The minimum atomic E-state index is -0.993. The summed E-state index contributed by atoms with van der Waals surface area (Å²) in [5.41, 5.74) is 0.856. The molecule has 25 heavy (non-hydrogen) atoms. The van der Waals surface area contributed by atoms with Gasteiger partial charge in [0.05, 0.1) is 13.2 Å². The first-order valence-electron chi connectivity index (χ1n) is 8.25. The fraction of sp³-hybridized carbons (Fsp3) is 0.500. The van der Waals surface area contributed by atoms with Crippen molar-refractivity contribution in [1.29, 1.82) is 0 Å². The molecule has 0 saturated carbocycles. The Bertz CT molecular complexity index is 594. The molecule has 0 spiro atoms. The van der Waals surface area contributed by atoms with Crippen LogP contribution in [0.25, 0.3) is 0 Å². The third-order valence-corrected chi connectivity index (χ3v) is 4.19. The highest BCUT2D eigenvalue weighted by Gasteiger charge is 2.50. The maximum Gasteiger partial charge on any atom is 0.217 e. The highest BCUT2D eigenvalue weighted by molar-refractivity contribution is 5.73. The van der Waals surface area contributed by atoms with E-state index in [0.29, 0.717) is 0 Å². The van der Waals surface area contributed by atoms with Crippen molar-refractivity contribution in [2.24, 2.45) is 0 Å². The molecule has 2 saturated heterocycles. The number of fused-ring (bicyclic) bond motifs is 1. The molecule has 0 aromatic heterocycles. The molecule has 1 amide bonds. The van der Waals surface area contributed by atoms with Crippen LogP contribution in [0.3, 0.4) is 0 Å². The minimum Gasteiger partial charge on any atom is -0.388 e. The van der Waals surface area contributed by atoms with E-state index in [2.05, 4.69) is 11.9 Å². The van der Waals surface area contributed by atoms with E-state index in [1.807, 2.05) is 30.3 Å². The van der Waals surface area contributed by atoms with Gasteiger partial charge < -0.3 is 29.4 Å². The van der Waals surface area contributed by atoms with Crippen molar-refractivity contribution in [2.75, 3.05) is 13.2 Å². The van der Waals surface area contributed by atoms with Crippen LogP contribution in [-0.2, 0) is 23.7 Å². The number of nitrogens with one attached hydrogen (secondary N) is 1. The molecule has 2 fully saturated rings. The molecule has 0 radical (unpaired) electrons. The maximum absolute atomic E-state index is 11.5. The SMILES string of the molecule is C=CCO[C@H]1O[C@@H]2CO[C@@H](c3ccccc3)O[C@H]2[C@@H](O)[C@H]1NC(C)=O. The number of carbonyl (C=O) groups is 1. The second-order valence-corrected chi connectivity index (χ2v) is 6.06. The number of amides is 1. The van der Waals surface area contributed by atoms with Crippen LogP contribution in [0.5, 0.6) is 0 Å². The fourth-order valence-corrected chi connectivity index (χ4v) is 3.07. The zero-order valence-electron chi connectivity index (χ0n) is 14.0. The molecular weight excluding hydrogens is 326 g/mol. The molecule has 1 aromatic carbocycles. The van der Waals surface area contributed by atoms with Gasteiger partial charge in [0.25, 0.3) is 0 Å². The number of carbonyl (C=O) groups excluding carboxylic acids is 1. The third kappa shape index (κ3) is 4.08. The van der Waals surface area contributed by atoms with Gasteiger partial charge in [-0.25, -0.2) is 0 Å². The topological polar surface area (TPSA) is 86.2 Å². The lowest BCUT2D eigenvalue weighted by atomic mass is 9.95. The van der Waals surface area contributed by atoms with Gasteiger partial charge in [-0.1, -0.05) is 36.4 Å². The van der Waals surface area contributed by atoms with Gasteiger partial charge in [0.15, 0.2) is 12.6 Å². The lowest BCUT2D eigenvalue weighted by Gasteiger charge is -2.47. The largest absolute Gasteiger partial charge is 0.388 e. The standard InChI is InChI=1S/C18H23NO6/c1-3-9-22-18-14(19-11(2)20)15(21)16-13(24-18)10-23-17(25-16)12-7-5-4-6-8-12/h3-8,13-18,21H,1,9-10H2,2H3,(H,19,20)/t13-,14-,15+,16-,17-,18+/m1/s1. The van der Waals surface area contributed by atoms with Crippen LogP contribution in [0.2, 0.25) is 0 Å². The van der Waals surface area contributed by atoms with E-state index in [0.717, 1.165) is 5.56 Å². The molecule has 2 heterocycles. The Hall–Kier alpha value is -1.77. The normalized spacial score (nSPS) is 34.8. The van der Waals surface area contributed by atoms with Crippen LogP contribution < -0.4 is 5.32 Å². The lowest BCUT2D eigenvalue weighted by Crippen LogP contribution is -2.66. The summed E-state index contributed by atoms with van der Waals surface area (Å²) in [7, 11) is 0. The summed E-state index contributed by atoms with van der Waals surface area (Å²) < 4.78 is 23.1. The maximum atomic E-state index is 11.5. The van der Waals surface area contributed by atoms with E-state index in [-0.39, 0.29) is 19.1 Å². The average Bonchev–Trinajstić information content (AvgIpc) is 2.63. The van der Waals surface area contributed by atoms with Crippen LogP contribution in [-0.4, -0.2) is 54.9 Å². The number of hydrogen-bond donors (Lipinski definition) is 2. The number of hydrogen-bond acceptors (Lipinski definition) is 6. The van der Waals surface area contributed by atoms with Crippen LogP contribution in [0.15, 0.2) is 43.0 Å². The predicted molar refractivity (Wildman–Crippen MR) is 88.4 cm³/mol. The zero-order chi connectivity index (χ0) is 17.8. The first kappa shape index (κ1) is 18.0. The van der Waals surface area contributed by atoms with Crippen molar-refractivity contribution >= 4 is 5.91 Å². The third-order valence-electron chi connectivity index (χ3n) is 4.19. The Morgan fingerprint density at radius 3 is 2.84 bits per heavy atom. The Kier molecular flexibility index (Phi) is 5.82. The number of rotatable bonds is 5. The second kappa shape index (κ2) is 8.07. The summed E-state index contributed by atoms with van der Waals surface area (Å²) in [5, 5.41) is 13.5. The van der Waals surface area contributed by atoms with E-state index in [1.165, 1.54) is 6.92 Å². The van der Waals surface area contributed by atoms with Gasteiger partial charge in [0.2, 0.25) is 5.91 Å². The molecule has 2 aliphatic heterocycles. The molecule has 6 atom stereocenters. The molecule has 7 heteroatoms. The molecule has 0 bridgehead atoms. The highest BCUT2D eigenvalue weighted by Crippen LogP contribution is 2.34. The summed E-state index contributed by atoms with van der Waals surface area (Å²) in [6.07, 6.45) is -1.95. The first-order valence-corrected chi connectivity index (χ1v) is 8.25. The average molecular weight is 349 g/mol. The Labute approximate surface area is 146 Å². The van der Waals surface area contributed by atoms with Gasteiger partial charge in [0.1, 0.15) is 24.4 Å². The smallest absolute Gasteiger partial charge is 0.217 e. The van der Waals surface area contributed by atoms with Gasteiger partial charge in [-0.05, 0) is 0 Å². The Morgan fingerprint density at radius 1 is 1.40 bits per heavy atom. The Morgan fingerprint density at radius 2 is 2.16 bits per heavy atom. The number of ether oxygens (including phenoxy) is 4.